The van der Waals surface area contributed by atoms with Crippen LogP contribution in [0.2, 0.25) is 0 Å². The van der Waals surface area contributed by atoms with Gasteiger partial charge in [0.05, 0.1) is 6.54 Å². The minimum absolute atomic E-state index is 0.0883. The maximum atomic E-state index is 11.8. The van der Waals surface area contributed by atoms with Gasteiger partial charge in [-0.15, -0.1) is 0 Å². The molecule has 0 fully saturated rings. The summed E-state index contributed by atoms with van der Waals surface area (Å²) in [6.45, 7) is 4.92. The van der Waals surface area contributed by atoms with E-state index in [1.54, 1.807) is 0 Å². The van der Waals surface area contributed by atoms with Crippen LogP contribution in [0.15, 0.2) is 0 Å². The van der Waals surface area contributed by atoms with Crippen molar-refractivity contribution in [2.45, 2.75) is 52.1 Å². The second kappa shape index (κ2) is 7.27. The monoisotopic (exact) mass is 245 g/mol. The molecular formula is C12H23NO4. The number of carbonyl (C=O) groups is 2. The van der Waals surface area contributed by atoms with Crippen molar-refractivity contribution in [1.29, 1.82) is 0 Å². The minimum Gasteiger partial charge on any atom is -0.479 e. The molecule has 1 atom stereocenters. The van der Waals surface area contributed by atoms with Gasteiger partial charge in [0.15, 0.2) is 5.60 Å². The van der Waals surface area contributed by atoms with Crippen LogP contribution in [0.3, 0.4) is 0 Å². The van der Waals surface area contributed by atoms with Gasteiger partial charge in [-0.05, 0) is 19.8 Å². The summed E-state index contributed by atoms with van der Waals surface area (Å²) in [7, 11) is 0. The van der Waals surface area contributed by atoms with Gasteiger partial charge >= 0.3 is 5.97 Å². The molecule has 0 aliphatic heterocycles. The first-order valence-electron chi connectivity index (χ1n) is 6.08. The molecule has 0 saturated heterocycles. The lowest BCUT2D eigenvalue weighted by Gasteiger charge is -2.21. The first kappa shape index (κ1) is 15.9. The van der Waals surface area contributed by atoms with E-state index in [2.05, 4.69) is 5.32 Å². The van der Waals surface area contributed by atoms with Gasteiger partial charge in [-0.25, -0.2) is 4.79 Å². The predicted octanol–water partition coefficient (Wildman–Crippen LogP) is 1.15. The number of aliphatic hydroxyl groups is 1. The molecular weight excluding hydrogens is 222 g/mol. The van der Waals surface area contributed by atoms with Crippen LogP contribution < -0.4 is 5.32 Å². The quantitative estimate of drug-likeness (QED) is 0.599. The topological polar surface area (TPSA) is 86.6 Å². The Labute approximate surface area is 102 Å². The minimum atomic E-state index is -1.90. The number of aliphatic carboxylic acids is 1. The number of hydrogen-bond acceptors (Lipinski definition) is 3. The largest absolute Gasteiger partial charge is 0.479 e. The smallest absolute Gasteiger partial charge is 0.337 e. The van der Waals surface area contributed by atoms with Crippen molar-refractivity contribution in [3.63, 3.8) is 0 Å². The summed E-state index contributed by atoms with van der Waals surface area (Å²) in [6.07, 6.45) is 3.39. The Morgan fingerprint density at radius 1 is 1.24 bits per heavy atom. The number of hydrogen-bond donors (Lipinski definition) is 3. The highest BCUT2D eigenvalue weighted by Gasteiger charge is 2.31. The molecule has 0 rings (SSSR count). The van der Waals surface area contributed by atoms with Crippen molar-refractivity contribution in [2.24, 2.45) is 5.92 Å². The zero-order valence-corrected chi connectivity index (χ0v) is 10.8. The van der Waals surface area contributed by atoms with Crippen molar-refractivity contribution in [3.05, 3.63) is 0 Å². The van der Waals surface area contributed by atoms with Crippen molar-refractivity contribution in [2.75, 3.05) is 6.54 Å². The number of carbonyl (C=O) groups excluding carboxylic acids is 1. The highest BCUT2D eigenvalue weighted by Crippen LogP contribution is 2.14. The fraction of sp³-hybridized carbons (Fsp3) is 0.833. The van der Waals surface area contributed by atoms with E-state index in [-0.39, 0.29) is 18.4 Å². The second-order valence-electron chi connectivity index (χ2n) is 4.57. The lowest BCUT2D eigenvalue weighted by molar-refractivity contribution is -0.156. The van der Waals surface area contributed by atoms with E-state index in [9.17, 15) is 14.7 Å². The molecule has 5 nitrogen and oxygen atoms in total. The van der Waals surface area contributed by atoms with Gasteiger partial charge in [-0.2, -0.15) is 0 Å². The van der Waals surface area contributed by atoms with E-state index in [1.807, 2.05) is 13.8 Å². The molecule has 0 aliphatic rings. The molecule has 0 aromatic heterocycles. The molecule has 0 aliphatic carbocycles. The summed E-state index contributed by atoms with van der Waals surface area (Å²) < 4.78 is 0. The summed E-state index contributed by atoms with van der Waals surface area (Å²) in [4.78, 5) is 22.4. The molecule has 0 aromatic rings. The van der Waals surface area contributed by atoms with Gasteiger partial charge in [0.1, 0.15) is 0 Å². The molecule has 5 heteroatoms. The fourth-order valence-electron chi connectivity index (χ4n) is 1.58. The van der Waals surface area contributed by atoms with Gasteiger partial charge in [0.2, 0.25) is 5.91 Å². The van der Waals surface area contributed by atoms with Crippen molar-refractivity contribution in [3.8, 4) is 0 Å². The maximum absolute atomic E-state index is 11.8. The predicted molar refractivity (Wildman–Crippen MR) is 64.6 cm³/mol. The molecule has 17 heavy (non-hydrogen) atoms. The van der Waals surface area contributed by atoms with Gasteiger partial charge in [-0.3, -0.25) is 4.79 Å². The number of amides is 1. The maximum Gasteiger partial charge on any atom is 0.337 e. The molecule has 0 radical (unpaired) electrons. The second-order valence-corrected chi connectivity index (χ2v) is 4.57. The standard InChI is InChI=1S/C12H23NO4/c1-4-6-9(7-5-2)10(14)13-8-12(3,17)11(15)16/h9,17H,4-8H2,1-3H3,(H,13,14)(H,15,16). The highest BCUT2D eigenvalue weighted by molar-refractivity contribution is 5.81. The van der Waals surface area contributed by atoms with Gasteiger partial charge in [-0.1, -0.05) is 26.7 Å². The van der Waals surface area contributed by atoms with Crippen LogP contribution in [0, 0.1) is 5.92 Å². The first-order valence-corrected chi connectivity index (χ1v) is 6.08. The number of nitrogens with one attached hydrogen (secondary N) is 1. The zero-order valence-electron chi connectivity index (χ0n) is 10.8. The van der Waals surface area contributed by atoms with Crippen LogP contribution in [-0.2, 0) is 9.59 Å². The zero-order chi connectivity index (χ0) is 13.5. The molecule has 0 aromatic carbocycles. The summed E-state index contributed by atoms with van der Waals surface area (Å²) in [6, 6.07) is 0. The van der Waals surface area contributed by atoms with Crippen molar-refractivity contribution in [1.82, 2.24) is 5.32 Å². The Balaban J connectivity index is 4.27. The molecule has 0 heterocycles. The third-order valence-electron chi connectivity index (χ3n) is 2.71. The Kier molecular flexibility index (Phi) is 6.80. The molecule has 1 unspecified atom stereocenters. The molecule has 1 amide bonds. The average Bonchev–Trinajstić information content (AvgIpc) is 2.25. The third kappa shape index (κ3) is 5.68. The number of carboxylic acids is 1. The van der Waals surface area contributed by atoms with E-state index < -0.39 is 11.6 Å². The molecule has 0 spiro atoms. The summed E-state index contributed by atoms with van der Waals surface area (Å²) in [5.74, 6) is -1.59. The lowest BCUT2D eigenvalue weighted by Crippen LogP contribution is -2.47. The Bertz CT molecular complexity index is 257. The number of carboxylic acid groups (broad SMARTS) is 1. The van der Waals surface area contributed by atoms with E-state index in [0.717, 1.165) is 25.7 Å². The van der Waals surface area contributed by atoms with Gasteiger partial charge in [0, 0.05) is 5.92 Å². The third-order valence-corrected chi connectivity index (χ3v) is 2.71. The summed E-state index contributed by atoms with van der Waals surface area (Å²) in [5.41, 5.74) is -1.90. The molecule has 3 N–H and O–H groups in total. The molecule has 0 bridgehead atoms. The van der Waals surface area contributed by atoms with Crippen LogP contribution >= 0.6 is 0 Å². The van der Waals surface area contributed by atoms with E-state index >= 15 is 0 Å². The Morgan fingerprint density at radius 2 is 1.71 bits per heavy atom. The molecule has 0 saturated carbocycles. The van der Waals surface area contributed by atoms with Gasteiger partial charge in [0.25, 0.3) is 0 Å². The Morgan fingerprint density at radius 3 is 2.06 bits per heavy atom. The Hall–Kier alpha value is -1.10. The van der Waals surface area contributed by atoms with Crippen LogP contribution in [-0.4, -0.2) is 34.2 Å². The lowest BCUT2D eigenvalue weighted by atomic mass is 9.97. The normalized spacial score (nSPS) is 14.4. The van der Waals surface area contributed by atoms with Crippen molar-refractivity contribution < 1.29 is 19.8 Å². The van der Waals surface area contributed by atoms with Crippen molar-refractivity contribution >= 4 is 11.9 Å². The fourth-order valence-corrected chi connectivity index (χ4v) is 1.58. The van der Waals surface area contributed by atoms with Crippen LogP contribution in [0.1, 0.15) is 46.5 Å². The van der Waals surface area contributed by atoms with Gasteiger partial charge < -0.3 is 15.5 Å². The first-order chi connectivity index (χ1) is 7.85. The summed E-state index contributed by atoms with van der Waals surface area (Å²) >= 11 is 0. The van der Waals surface area contributed by atoms with Crippen LogP contribution in [0.5, 0.6) is 0 Å². The SMILES string of the molecule is CCCC(CCC)C(=O)NCC(C)(O)C(=O)O. The average molecular weight is 245 g/mol. The van der Waals surface area contributed by atoms with E-state index in [0.29, 0.717) is 0 Å². The van der Waals surface area contributed by atoms with Crippen LogP contribution in [0.25, 0.3) is 0 Å². The highest BCUT2D eigenvalue weighted by atomic mass is 16.4. The molecule has 100 valence electrons. The number of rotatable bonds is 8. The van der Waals surface area contributed by atoms with E-state index in [1.165, 1.54) is 6.92 Å². The van der Waals surface area contributed by atoms with Crippen LogP contribution in [0.4, 0.5) is 0 Å². The van der Waals surface area contributed by atoms with E-state index in [4.69, 9.17) is 5.11 Å². The summed E-state index contributed by atoms with van der Waals surface area (Å²) in [5, 5.41) is 20.7.